The van der Waals surface area contributed by atoms with Gasteiger partial charge in [0.25, 0.3) is 0 Å². The summed E-state index contributed by atoms with van der Waals surface area (Å²) < 4.78 is 6.29. The molecule has 1 unspecified atom stereocenters. The molecule has 1 aromatic carbocycles. The van der Waals surface area contributed by atoms with Crippen LogP contribution in [-0.4, -0.2) is 41.8 Å². The van der Waals surface area contributed by atoms with Crippen molar-refractivity contribution in [2.45, 2.75) is 19.0 Å². The first-order valence-electron chi connectivity index (χ1n) is 6.04. The fraction of sp³-hybridized carbons (Fsp3) is 0.462. The van der Waals surface area contributed by atoms with Crippen LogP contribution in [-0.2, 0) is 16.1 Å². The molecule has 0 bridgehead atoms. The predicted molar refractivity (Wildman–Crippen MR) is 76.4 cm³/mol. The summed E-state index contributed by atoms with van der Waals surface area (Å²) >= 11 is 9.57. The molecule has 19 heavy (non-hydrogen) atoms. The zero-order valence-electron chi connectivity index (χ0n) is 10.3. The van der Waals surface area contributed by atoms with Gasteiger partial charge in [0.2, 0.25) is 0 Å². The number of morpholine rings is 1. The molecule has 6 heteroatoms. The van der Waals surface area contributed by atoms with Crippen LogP contribution in [0, 0.1) is 0 Å². The third-order valence-corrected chi connectivity index (χ3v) is 3.99. The maximum atomic E-state index is 10.9. The van der Waals surface area contributed by atoms with Crippen molar-refractivity contribution < 1.29 is 14.6 Å². The van der Waals surface area contributed by atoms with Crippen molar-refractivity contribution in [1.29, 1.82) is 0 Å². The molecule has 1 saturated heterocycles. The van der Waals surface area contributed by atoms with E-state index >= 15 is 0 Å². The largest absolute Gasteiger partial charge is 0.481 e. The lowest BCUT2D eigenvalue weighted by Crippen LogP contribution is -2.45. The minimum absolute atomic E-state index is 0.0914. The maximum Gasteiger partial charge on any atom is 0.305 e. The van der Waals surface area contributed by atoms with E-state index in [0.717, 1.165) is 16.6 Å². The second-order valence-electron chi connectivity index (χ2n) is 4.53. The van der Waals surface area contributed by atoms with E-state index in [9.17, 15) is 4.79 Å². The Balaban J connectivity index is 2.08. The molecule has 0 amide bonds. The number of rotatable bonds is 4. The van der Waals surface area contributed by atoms with Crippen molar-refractivity contribution in [3.8, 4) is 0 Å². The SMILES string of the molecule is O=C(O)CC1COCCN1Cc1ccc(Br)cc1Cl. The van der Waals surface area contributed by atoms with Crippen LogP contribution in [0.15, 0.2) is 22.7 Å². The van der Waals surface area contributed by atoms with Gasteiger partial charge < -0.3 is 9.84 Å². The Bertz CT molecular complexity index is 469. The van der Waals surface area contributed by atoms with E-state index in [2.05, 4.69) is 20.8 Å². The number of nitrogens with zero attached hydrogens (tertiary/aromatic N) is 1. The average molecular weight is 349 g/mol. The molecule has 0 saturated carbocycles. The molecule has 1 atom stereocenters. The number of carboxylic acid groups (broad SMARTS) is 1. The smallest absolute Gasteiger partial charge is 0.305 e. The predicted octanol–water partition coefficient (Wildman–Crippen LogP) is 2.78. The first kappa shape index (κ1) is 14.8. The standard InChI is InChI=1S/C13H15BrClNO3/c14-10-2-1-9(12(15)5-10)7-16-3-4-19-8-11(16)6-13(17)18/h1-2,5,11H,3-4,6-8H2,(H,17,18). The highest BCUT2D eigenvalue weighted by Gasteiger charge is 2.25. The first-order valence-corrected chi connectivity index (χ1v) is 7.21. The number of carbonyl (C=O) groups is 1. The second-order valence-corrected chi connectivity index (χ2v) is 5.86. The molecular weight excluding hydrogens is 334 g/mol. The lowest BCUT2D eigenvalue weighted by Gasteiger charge is -2.34. The zero-order valence-corrected chi connectivity index (χ0v) is 12.7. The molecule has 1 aliphatic rings. The van der Waals surface area contributed by atoms with E-state index in [1.54, 1.807) is 0 Å². The van der Waals surface area contributed by atoms with Crippen LogP contribution in [0.4, 0.5) is 0 Å². The quantitative estimate of drug-likeness (QED) is 0.909. The van der Waals surface area contributed by atoms with E-state index in [-0.39, 0.29) is 12.5 Å². The summed E-state index contributed by atoms with van der Waals surface area (Å²) in [6.45, 7) is 2.46. The molecule has 2 rings (SSSR count). The van der Waals surface area contributed by atoms with Crippen LogP contribution in [0.25, 0.3) is 0 Å². The molecule has 104 valence electrons. The number of hydrogen-bond acceptors (Lipinski definition) is 3. The molecule has 0 aromatic heterocycles. The Hall–Kier alpha value is -0.620. The molecule has 1 aromatic rings. The van der Waals surface area contributed by atoms with E-state index in [4.69, 9.17) is 21.4 Å². The van der Waals surface area contributed by atoms with E-state index < -0.39 is 5.97 Å². The third kappa shape index (κ3) is 4.18. The number of ether oxygens (including phenoxy) is 1. The van der Waals surface area contributed by atoms with Gasteiger partial charge in [-0.15, -0.1) is 0 Å². The first-order chi connectivity index (χ1) is 9.06. The monoisotopic (exact) mass is 347 g/mol. The summed E-state index contributed by atoms with van der Waals surface area (Å²) in [4.78, 5) is 13.0. The molecular formula is C13H15BrClNO3. The number of carboxylic acids is 1. The van der Waals surface area contributed by atoms with Crippen LogP contribution in [0.5, 0.6) is 0 Å². The molecule has 1 aliphatic heterocycles. The maximum absolute atomic E-state index is 10.9. The van der Waals surface area contributed by atoms with Crippen LogP contribution >= 0.6 is 27.5 Å². The van der Waals surface area contributed by atoms with Crippen LogP contribution < -0.4 is 0 Å². The summed E-state index contributed by atoms with van der Waals surface area (Å²) in [6, 6.07) is 5.66. The molecule has 0 radical (unpaired) electrons. The number of halogens is 2. The topological polar surface area (TPSA) is 49.8 Å². The van der Waals surface area contributed by atoms with Crippen LogP contribution in [0.3, 0.4) is 0 Å². The average Bonchev–Trinajstić information content (AvgIpc) is 2.34. The lowest BCUT2D eigenvalue weighted by molar-refractivity contribution is -0.140. The lowest BCUT2D eigenvalue weighted by atomic mass is 10.1. The Labute approximate surface area is 125 Å². The van der Waals surface area contributed by atoms with Gasteiger partial charge in [0.15, 0.2) is 0 Å². The van der Waals surface area contributed by atoms with Gasteiger partial charge in [-0.1, -0.05) is 33.6 Å². The van der Waals surface area contributed by atoms with Crippen LogP contribution in [0.2, 0.25) is 5.02 Å². The van der Waals surface area contributed by atoms with Crippen molar-refractivity contribution >= 4 is 33.5 Å². The van der Waals surface area contributed by atoms with Crippen molar-refractivity contribution in [3.63, 3.8) is 0 Å². The Morgan fingerprint density at radius 2 is 2.37 bits per heavy atom. The van der Waals surface area contributed by atoms with Gasteiger partial charge in [-0.25, -0.2) is 0 Å². The van der Waals surface area contributed by atoms with Gasteiger partial charge in [0.05, 0.1) is 19.6 Å². The highest BCUT2D eigenvalue weighted by Crippen LogP contribution is 2.24. The van der Waals surface area contributed by atoms with Gasteiger partial charge in [-0.2, -0.15) is 0 Å². The van der Waals surface area contributed by atoms with Crippen LogP contribution in [0.1, 0.15) is 12.0 Å². The van der Waals surface area contributed by atoms with E-state index in [0.29, 0.717) is 24.8 Å². The van der Waals surface area contributed by atoms with Gasteiger partial charge >= 0.3 is 5.97 Å². The summed E-state index contributed by atoms with van der Waals surface area (Å²) in [5.74, 6) is -0.803. The van der Waals surface area contributed by atoms with E-state index in [1.165, 1.54) is 0 Å². The van der Waals surface area contributed by atoms with Gasteiger partial charge in [0, 0.05) is 28.6 Å². The van der Waals surface area contributed by atoms with Gasteiger partial charge in [0.1, 0.15) is 0 Å². The fourth-order valence-corrected chi connectivity index (χ4v) is 2.89. The zero-order chi connectivity index (χ0) is 13.8. The Kier molecular flexibility index (Phi) is 5.21. The second kappa shape index (κ2) is 6.70. The fourth-order valence-electron chi connectivity index (χ4n) is 2.16. The van der Waals surface area contributed by atoms with Crippen molar-refractivity contribution in [2.24, 2.45) is 0 Å². The highest BCUT2D eigenvalue weighted by molar-refractivity contribution is 9.10. The van der Waals surface area contributed by atoms with Crippen molar-refractivity contribution in [3.05, 3.63) is 33.3 Å². The molecule has 0 aliphatic carbocycles. The molecule has 4 nitrogen and oxygen atoms in total. The van der Waals surface area contributed by atoms with Crippen molar-refractivity contribution in [2.75, 3.05) is 19.8 Å². The molecule has 1 N–H and O–H groups in total. The highest BCUT2D eigenvalue weighted by atomic mass is 79.9. The molecule has 0 spiro atoms. The number of hydrogen-bond donors (Lipinski definition) is 1. The summed E-state index contributed by atoms with van der Waals surface area (Å²) in [6.07, 6.45) is 0.0914. The number of aliphatic carboxylic acids is 1. The summed E-state index contributed by atoms with van der Waals surface area (Å²) in [5.41, 5.74) is 1.00. The molecule has 1 fully saturated rings. The Morgan fingerprint density at radius 3 is 3.05 bits per heavy atom. The minimum Gasteiger partial charge on any atom is -0.481 e. The third-order valence-electron chi connectivity index (χ3n) is 3.15. The summed E-state index contributed by atoms with van der Waals surface area (Å²) in [7, 11) is 0. The van der Waals surface area contributed by atoms with Gasteiger partial charge in [-0.05, 0) is 17.7 Å². The molecule has 1 heterocycles. The van der Waals surface area contributed by atoms with Crippen molar-refractivity contribution in [1.82, 2.24) is 4.90 Å². The Morgan fingerprint density at radius 1 is 1.58 bits per heavy atom. The van der Waals surface area contributed by atoms with E-state index in [1.807, 2.05) is 18.2 Å². The number of benzene rings is 1. The van der Waals surface area contributed by atoms with Gasteiger partial charge in [-0.3, -0.25) is 9.69 Å². The normalized spacial score (nSPS) is 20.4. The minimum atomic E-state index is -0.803. The summed E-state index contributed by atoms with van der Waals surface area (Å²) in [5, 5.41) is 9.62.